The first-order valence-corrected chi connectivity index (χ1v) is 8.71. The lowest BCUT2D eigenvalue weighted by atomic mass is 9.92. The van der Waals surface area contributed by atoms with Gasteiger partial charge in [0, 0.05) is 26.0 Å². The van der Waals surface area contributed by atoms with E-state index in [-0.39, 0.29) is 24.0 Å². The van der Waals surface area contributed by atoms with Crippen LogP contribution in [0.5, 0.6) is 5.75 Å². The Hall–Kier alpha value is -2.61. The molecule has 0 fully saturated rings. The van der Waals surface area contributed by atoms with Crippen LogP contribution in [0.3, 0.4) is 0 Å². The van der Waals surface area contributed by atoms with E-state index in [9.17, 15) is 14.7 Å². The molecule has 0 spiro atoms. The number of benzene rings is 1. The predicted octanol–water partition coefficient (Wildman–Crippen LogP) is 2.51. The Morgan fingerprint density at radius 1 is 1.26 bits per heavy atom. The number of amides is 1. The molecule has 2 aliphatic heterocycles. The number of phenolic OH excluding ortho intramolecular Hbond substituents is 1. The smallest absolute Gasteiger partial charge is 0.414 e. The van der Waals surface area contributed by atoms with Crippen LogP contribution in [-0.4, -0.2) is 55.4 Å². The molecule has 3 rings (SSSR count). The van der Waals surface area contributed by atoms with Gasteiger partial charge in [0.15, 0.2) is 0 Å². The second kappa shape index (κ2) is 6.84. The van der Waals surface area contributed by atoms with Crippen LogP contribution in [0.15, 0.2) is 11.1 Å². The van der Waals surface area contributed by atoms with Gasteiger partial charge in [-0.25, -0.2) is 14.6 Å². The number of aromatic hydroxyl groups is 1. The fourth-order valence-electron chi connectivity index (χ4n) is 3.34. The third-order valence-corrected chi connectivity index (χ3v) is 4.54. The predicted molar refractivity (Wildman–Crippen MR) is 99.0 cm³/mol. The second-order valence-electron chi connectivity index (χ2n) is 7.60. The van der Waals surface area contributed by atoms with Crippen LogP contribution >= 0.6 is 0 Å². The molecular weight excluding hydrogens is 352 g/mol. The first-order chi connectivity index (χ1) is 12.6. The Morgan fingerprint density at radius 3 is 2.56 bits per heavy atom. The van der Waals surface area contributed by atoms with Gasteiger partial charge in [0.05, 0.1) is 25.4 Å². The summed E-state index contributed by atoms with van der Waals surface area (Å²) in [6.07, 6.45) is 0.0208. The molecule has 8 nitrogen and oxygen atoms in total. The van der Waals surface area contributed by atoms with Crippen molar-refractivity contribution in [3.63, 3.8) is 0 Å². The number of hydrogen-bond acceptors (Lipinski definition) is 7. The Labute approximate surface area is 157 Å². The van der Waals surface area contributed by atoms with Gasteiger partial charge in [-0.1, -0.05) is 0 Å². The number of methoxy groups -OCH3 is 2. The minimum atomic E-state index is -0.656. The Morgan fingerprint density at radius 2 is 1.96 bits per heavy atom. The van der Waals surface area contributed by atoms with Crippen molar-refractivity contribution in [2.75, 3.05) is 25.7 Å². The fourth-order valence-corrected chi connectivity index (χ4v) is 3.34. The molecule has 27 heavy (non-hydrogen) atoms. The summed E-state index contributed by atoms with van der Waals surface area (Å²) in [5.41, 5.74) is 1.98. The largest absolute Gasteiger partial charge is 0.506 e. The minimum Gasteiger partial charge on any atom is -0.506 e. The number of carbonyl (C=O) groups is 2. The number of phenols is 1. The second-order valence-corrected chi connectivity index (χ2v) is 7.60. The Bertz CT molecular complexity index is 824. The van der Waals surface area contributed by atoms with Crippen LogP contribution in [0.25, 0.3) is 0 Å². The lowest BCUT2D eigenvalue weighted by Crippen LogP contribution is -2.45. The number of fused-ring (bicyclic) bond motifs is 3. The van der Waals surface area contributed by atoms with E-state index in [0.717, 1.165) is 5.56 Å². The molecule has 1 unspecified atom stereocenters. The van der Waals surface area contributed by atoms with Gasteiger partial charge in [-0.2, -0.15) is 0 Å². The number of hydrogen-bond donors (Lipinski definition) is 1. The maximum atomic E-state index is 12.7. The molecule has 0 saturated carbocycles. The molecular formula is C19H24N2O6. The van der Waals surface area contributed by atoms with Gasteiger partial charge in [-0.3, -0.25) is 4.90 Å². The van der Waals surface area contributed by atoms with Crippen LogP contribution in [0, 0.1) is 0 Å². The van der Waals surface area contributed by atoms with Crippen molar-refractivity contribution in [1.29, 1.82) is 0 Å². The highest BCUT2D eigenvalue weighted by Gasteiger charge is 2.37. The van der Waals surface area contributed by atoms with Crippen molar-refractivity contribution in [2.24, 2.45) is 4.99 Å². The van der Waals surface area contributed by atoms with E-state index in [2.05, 4.69) is 4.99 Å². The van der Waals surface area contributed by atoms with Crippen LogP contribution in [0.2, 0.25) is 0 Å². The number of aliphatic imine (C=N–C) groups is 1. The van der Waals surface area contributed by atoms with Crippen molar-refractivity contribution in [1.82, 2.24) is 0 Å². The summed E-state index contributed by atoms with van der Waals surface area (Å²) in [5, 5.41) is 10.4. The van der Waals surface area contributed by atoms with E-state index < -0.39 is 17.7 Å². The molecule has 1 N–H and O–H groups in total. The Kier molecular flexibility index (Phi) is 4.86. The van der Waals surface area contributed by atoms with E-state index in [4.69, 9.17) is 14.2 Å². The summed E-state index contributed by atoms with van der Waals surface area (Å²) in [6.45, 7) is 5.68. The van der Waals surface area contributed by atoms with Crippen LogP contribution < -0.4 is 4.90 Å². The first-order valence-electron chi connectivity index (χ1n) is 8.71. The highest BCUT2D eigenvalue weighted by Crippen LogP contribution is 2.45. The summed E-state index contributed by atoms with van der Waals surface area (Å²) in [5.74, 6) is -0.630. The molecule has 2 aliphatic rings. The third-order valence-electron chi connectivity index (χ3n) is 4.54. The topological polar surface area (TPSA) is 97.7 Å². The van der Waals surface area contributed by atoms with E-state index >= 15 is 0 Å². The van der Waals surface area contributed by atoms with E-state index in [0.29, 0.717) is 29.9 Å². The quantitative estimate of drug-likeness (QED) is 0.797. The van der Waals surface area contributed by atoms with Crippen LogP contribution in [-0.2, 0) is 31.8 Å². The zero-order valence-corrected chi connectivity index (χ0v) is 16.2. The molecule has 0 radical (unpaired) electrons. The molecule has 0 aliphatic carbocycles. The molecule has 2 heterocycles. The zero-order valence-electron chi connectivity index (χ0n) is 16.2. The van der Waals surface area contributed by atoms with Crippen LogP contribution in [0.4, 0.5) is 16.2 Å². The summed E-state index contributed by atoms with van der Waals surface area (Å²) in [6, 6.07) is 1.49. The van der Waals surface area contributed by atoms with Gasteiger partial charge in [0.25, 0.3) is 0 Å². The van der Waals surface area contributed by atoms with Gasteiger partial charge in [0.2, 0.25) is 0 Å². The van der Waals surface area contributed by atoms with Gasteiger partial charge >= 0.3 is 12.1 Å². The van der Waals surface area contributed by atoms with Gasteiger partial charge < -0.3 is 19.3 Å². The van der Waals surface area contributed by atoms with Crippen molar-refractivity contribution in [2.45, 2.75) is 45.3 Å². The van der Waals surface area contributed by atoms with Gasteiger partial charge in [-0.05, 0) is 31.9 Å². The summed E-state index contributed by atoms with van der Waals surface area (Å²) in [4.78, 5) is 30.3. The average molecular weight is 376 g/mol. The molecule has 0 saturated heterocycles. The number of ether oxygens (including phenoxy) is 3. The minimum absolute atomic E-state index is 0.0907. The van der Waals surface area contributed by atoms with Gasteiger partial charge in [0.1, 0.15) is 22.7 Å². The highest BCUT2D eigenvalue weighted by molar-refractivity contribution is 6.38. The normalized spacial score (nSPS) is 18.5. The number of carbonyl (C=O) groups excluding carboxylic acids is 2. The lowest BCUT2D eigenvalue weighted by Gasteiger charge is -2.36. The standard InChI is InChI=1S/C19H24N2O6/c1-19(2,3)27-18(24)21-9-10(25-4)6-11-12-7-13(17(23)26-5)20-16(12)15(22)8-14(11)21/h8,10,22H,6-7,9H2,1-5H3. The number of esters is 1. The number of anilines is 1. The molecule has 1 aromatic carbocycles. The summed E-state index contributed by atoms with van der Waals surface area (Å²) < 4.78 is 15.8. The molecule has 0 bridgehead atoms. The summed E-state index contributed by atoms with van der Waals surface area (Å²) in [7, 11) is 2.87. The third kappa shape index (κ3) is 3.62. The van der Waals surface area contributed by atoms with Crippen LogP contribution in [0.1, 0.15) is 31.9 Å². The molecule has 1 atom stereocenters. The Balaban J connectivity index is 2.04. The van der Waals surface area contributed by atoms with E-state index in [1.165, 1.54) is 18.1 Å². The van der Waals surface area contributed by atoms with E-state index in [1.54, 1.807) is 27.9 Å². The monoisotopic (exact) mass is 376 g/mol. The molecule has 1 amide bonds. The van der Waals surface area contributed by atoms with Gasteiger partial charge in [-0.15, -0.1) is 0 Å². The summed E-state index contributed by atoms with van der Waals surface area (Å²) >= 11 is 0. The first kappa shape index (κ1) is 19.2. The highest BCUT2D eigenvalue weighted by atomic mass is 16.6. The molecule has 8 heteroatoms. The lowest BCUT2D eigenvalue weighted by molar-refractivity contribution is -0.132. The number of nitrogens with zero attached hydrogens (tertiary/aromatic N) is 2. The van der Waals surface area contributed by atoms with E-state index in [1.807, 2.05) is 0 Å². The van der Waals surface area contributed by atoms with Crippen molar-refractivity contribution >= 4 is 29.1 Å². The van der Waals surface area contributed by atoms with Crippen molar-refractivity contribution in [3.8, 4) is 5.75 Å². The SMILES string of the molecule is COC(=O)C1=Nc2c(O)cc3c(c2C1)CC(OC)CN3C(=O)OC(C)(C)C. The zero-order chi connectivity index (χ0) is 19.9. The van der Waals surface area contributed by atoms with Crippen molar-refractivity contribution < 1.29 is 28.9 Å². The number of rotatable bonds is 2. The molecule has 146 valence electrons. The maximum absolute atomic E-state index is 12.7. The fraction of sp³-hybridized carbons (Fsp3) is 0.526. The maximum Gasteiger partial charge on any atom is 0.414 e. The molecule has 0 aromatic heterocycles. The van der Waals surface area contributed by atoms with Crippen molar-refractivity contribution in [3.05, 3.63) is 17.2 Å². The molecule has 1 aromatic rings. The average Bonchev–Trinajstić information content (AvgIpc) is 3.05.